The van der Waals surface area contributed by atoms with Crippen LogP contribution in [0.2, 0.25) is 0 Å². The second-order valence-corrected chi connectivity index (χ2v) is 5.08. The van der Waals surface area contributed by atoms with Crippen LogP contribution in [0, 0.1) is 16.7 Å². The molecule has 94 valence electrons. The Morgan fingerprint density at radius 1 is 1.41 bits per heavy atom. The summed E-state index contributed by atoms with van der Waals surface area (Å²) in [4.78, 5) is 12.0. The molecule has 1 atom stereocenters. The van der Waals surface area contributed by atoms with E-state index in [0.29, 0.717) is 12.6 Å². The van der Waals surface area contributed by atoms with Gasteiger partial charge in [0.25, 0.3) is 0 Å². The minimum absolute atomic E-state index is 0.0736. The maximum absolute atomic E-state index is 12.0. The van der Waals surface area contributed by atoms with Gasteiger partial charge in [-0.3, -0.25) is 4.79 Å². The molecule has 1 saturated carbocycles. The summed E-state index contributed by atoms with van der Waals surface area (Å²) >= 11 is 0. The van der Waals surface area contributed by atoms with Gasteiger partial charge in [0.15, 0.2) is 0 Å². The zero-order chi connectivity index (χ0) is 12.1. The molecule has 0 spiro atoms. The first-order valence-electron chi connectivity index (χ1n) is 6.58. The Bertz CT molecular complexity index is 310. The highest BCUT2D eigenvalue weighted by Crippen LogP contribution is 2.37. The number of hydrogen-bond donors (Lipinski definition) is 1. The molecule has 1 aliphatic heterocycles. The Balaban J connectivity index is 1.74. The molecule has 4 heteroatoms. The van der Waals surface area contributed by atoms with E-state index in [1.165, 1.54) is 0 Å². The number of carbonyl (C=O) groups excluding carboxylic acids is 1. The second kappa shape index (κ2) is 5.50. The van der Waals surface area contributed by atoms with Gasteiger partial charge in [-0.1, -0.05) is 12.8 Å². The van der Waals surface area contributed by atoms with Crippen LogP contribution in [0.3, 0.4) is 0 Å². The number of nitrogens with zero attached hydrogens (tertiary/aromatic N) is 1. The van der Waals surface area contributed by atoms with Crippen LogP contribution in [0.15, 0.2) is 0 Å². The van der Waals surface area contributed by atoms with Crippen molar-refractivity contribution in [2.45, 2.75) is 51.0 Å². The number of hydrogen-bond acceptors (Lipinski definition) is 3. The number of amides is 1. The van der Waals surface area contributed by atoms with Gasteiger partial charge in [-0.15, -0.1) is 0 Å². The molecule has 0 bridgehead atoms. The van der Waals surface area contributed by atoms with Gasteiger partial charge in [-0.2, -0.15) is 5.26 Å². The van der Waals surface area contributed by atoms with Crippen LogP contribution in [0.25, 0.3) is 0 Å². The smallest absolute Gasteiger partial charge is 0.240 e. The predicted molar refractivity (Wildman–Crippen MR) is 63.1 cm³/mol. The molecule has 1 heterocycles. The summed E-state index contributed by atoms with van der Waals surface area (Å²) in [5.41, 5.74) is -0.740. The summed E-state index contributed by atoms with van der Waals surface area (Å²) < 4.78 is 5.50. The standard InChI is InChI=1S/C13H20N2O2/c14-10-13(6-1-2-7-13)12(16)15-8-5-11-4-3-9-17-11/h11H,1-9H2,(H,15,16). The molecule has 1 amide bonds. The zero-order valence-corrected chi connectivity index (χ0v) is 10.2. The van der Waals surface area contributed by atoms with Crippen molar-refractivity contribution in [3.8, 4) is 6.07 Å². The van der Waals surface area contributed by atoms with Crippen molar-refractivity contribution in [2.75, 3.05) is 13.2 Å². The highest BCUT2D eigenvalue weighted by Gasteiger charge is 2.41. The Labute approximate surface area is 102 Å². The normalized spacial score (nSPS) is 26.6. The van der Waals surface area contributed by atoms with Gasteiger partial charge in [0.2, 0.25) is 5.91 Å². The third kappa shape index (κ3) is 2.78. The molecule has 1 saturated heterocycles. The van der Waals surface area contributed by atoms with E-state index in [4.69, 9.17) is 10.00 Å². The molecule has 2 rings (SSSR count). The van der Waals surface area contributed by atoms with Gasteiger partial charge in [-0.05, 0) is 32.1 Å². The summed E-state index contributed by atoms with van der Waals surface area (Å²) in [6.45, 7) is 1.48. The van der Waals surface area contributed by atoms with Crippen molar-refractivity contribution in [2.24, 2.45) is 5.41 Å². The fourth-order valence-corrected chi connectivity index (χ4v) is 2.76. The van der Waals surface area contributed by atoms with Crippen molar-refractivity contribution in [3.05, 3.63) is 0 Å². The summed E-state index contributed by atoms with van der Waals surface area (Å²) in [7, 11) is 0. The van der Waals surface area contributed by atoms with Crippen molar-refractivity contribution in [3.63, 3.8) is 0 Å². The van der Waals surface area contributed by atoms with Crippen molar-refractivity contribution < 1.29 is 9.53 Å². The van der Waals surface area contributed by atoms with Crippen LogP contribution in [-0.2, 0) is 9.53 Å². The summed E-state index contributed by atoms with van der Waals surface area (Å²) in [6.07, 6.45) is 6.81. The van der Waals surface area contributed by atoms with E-state index >= 15 is 0 Å². The molecule has 2 fully saturated rings. The molecule has 0 aromatic heterocycles. The Morgan fingerprint density at radius 2 is 2.18 bits per heavy atom. The van der Waals surface area contributed by atoms with Crippen LogP contribution in [0.4, 0.5) is 0 Å². The fourth-order valence-electron chi connectivity index (χ4n) is 2.76. The molecule has 1 unspecified atom stereocenters. The van der Waals surface area contributed by atoms with Gasteiger partial charge in [-0.25, -0.2) is 0 Å². The van der Waals surface area contributed by atoms with E-state index < -0.39 is 5.41 Å². The van der Waals surface area contributed by atoms with Crippen LogP contribution in [0.5, 0.6) is 0 Å². The average Bonchev–Trinajstić information content (AvgIpc) is 3.00. The Kier molecular flexibility index (Phi) is 4.01. The molecule has 0 aromatic carbocycles. The van der Waals surface area contributed by atoms with E-state index in [2.05, 4.69) is 11.4 Å². The van der Waals surface area contributed by atoms with Crippen LogP contribution in [0.1, 0.15) is 44.9 Å². The number of nitrogens with one attached hydrogen (secondary N) is 1. The molecule has 17 heavy (non-hydrogen) atoms. The molecule has 0 radical (unpaired) electrons. The maximum Gasteiger partial charge on any atom is 0.240 e. The van der Waals surface area contributed by atoms with Gasteiger partial charge in [0.1, 0.15) is 5.41 Å². The predicted octanol–water partition coefficient (Wildman–Crippen LogP) is 1.76. The summed E-state index contributed by atoms with van der Waals surface area (Å²) in [5.74, 6) is -0.0736. The van der Waals surface area contributed by atoms with Gasteiger partial charge >= 0.3 is 0 Å². The largest absolute Gasteiger partial charge is 0.378 e. The molecule has 1 N–H and O–H groups in total. The molecule has 2 aliphatic rings. The highest BCUT2D eigenvalue weighted by atomic mass is 16.5. The number of rotatable bonds is 4. The topological polar surface area (TPSA) is 62.1 Å². The van der Waals surface area contributed by atoms with E-state index in [9.17, 15) is 4.79 Å². The average molecular weight is 236 g/mol. The van der Waals surface area contributed by atoms with E-state index in [-0.39, 0.29) is 5.91 Å². The Hall–Kier alpha value is -1.08. The quantitative estimate of drug-likeness (QED) is 0.809. The molecular formula is C13H20N2O2. The molecule has 1 aliphatic carbocycles. The second-order valence-electron chi connectivity index (χ2n) is 5.08. The zero-order valence-electron chi connectivity index (χ0n) is 10.2. The van der Waals surface area contributed by atoms with Crippen molar-refractivity contribution >= 4 is 5.91 Å². The Morgan fingerprint density at radius 3 is 2.76 bits per heavy atom. The summed E-state index contributed by atoms with van der Waals surface area (Å²) in [6, 6.07) is 2.21. The minimum atomic E-state index is -0.740. The van der Waals surface area contributed by atoms with Crippen LogP contribution < -0.4 is 5.32 Å². The van der Waals surface area contributed by atoms with Gasteiger partial charge in [0, 0.05) is 13.2 Å². The summed E-state index contributed by atoms with van der Waals surface area (Å²) in [5, 5.41) is 12.1. The fraction of sp³-hybridized carbons (Fsp3) is 0.846. The van der Waals surface area contributed by atoms with E-state index in [0.717, 1.165) is 51.6 Å². The number of ether oxygens (including phenoxy) is 1. The first kappa shape index (κ1) is 12.4. The molecule has 0 aromatic rings. The maximum atomic E-state index is 12.0. The molecular weight excluding hydrogens is 216 g/mol. The van der Waals surface area contributed by atoms with Crippen molar-refractivity contribution in [1.29, 1.82) is 5.26 Å². The number of carbonyl (C=O) groups is 1. The lowest BCUT2D eigenvalue weighted by molar-refractivity contribution is -0.128. The third-order valence-electron chi connectivity index (χ3n) is 3.88. The lowest BCUT2D eigenvalue weighted by atomic mass is 9.87. The SMILES string of the molecule is N#CC1(C(=O)NCCC2CCCO2)CCCC1. The lowest BCUT2D eigenvalue weighted by Gasteiger charge is -2.19. The van der Waals surface area contributed by atoms with Crippen LogP contribution in [-0.4, -0.2) is 25.2 Å². The number of nitriles is 1. The third-order valence-corrected chi connectivity index (χ3v) is 3.88. The van der Waals surface area contributed by atoms with Crippen molar-refractivity contribution in [1.82, 2.24) is 5.32 Å². The first-order chi connectivity index (χ1) is 8.27. The van der Waals surface area contributed by atoms with Gasteiger partial charge < -0.3 is 10.1 Å². The lowest BCUT2D eigenvalue weighted by Crippen LogP contribution is -2.39. The monoisotopic (exact) mass is 236 g/mol. The van der Waals surface area contributed by atoms with Gasteiger partial charge in [0.05, 0.1) is 12.2 Å². The van der Waals surface area contributed by atoms with E-state index in [1.807, 2.05) is 0 Å². The van der Waals surface area contributed by atoms with E-state index in [1.54, 1.807) is 0 Å². The molecule has 4 nitrogen and oxygen atoms in total. The highest BCUT2D eigenvalue weighted by molar-refractivity contribution is 5.85. The minimum Gasteiger partial charge on any atom is -0.378 e. The van der Waals surface area contributed by atoms with Crippen LogP contribution >= 0.6 is 0 Å². The first-order valence-corrected chi connectivity index (χ1v) is 6.58.